The maximum Gasteiger partial charge on any atom is 0.312 e. The highest BCUT2D eigenvalue weighted by atomic mass is 16.2. The van der Waals surface area contributed by atoms with Gasteiger partial charge < -0.3 is 15.1 Å². The molecule has 0 bridgehead atoms. The Morgan fingerprint density at radius 1 is 1.15 bits per heavy atom. The predicted octanol–water partition coefficient (Wildman–Crippen LogP) is 2.46. The predicted molar refractivity (Wildman–Crippen MR) is 107 cm³/mol. The molecule has 0 aromatic heterocycles. The van der Waals surface area contributed by atoms with Crippen molar-refractivity contribution in [1.82, 2.24) is 15.1 Å². The lowest BCUT2D eigenvalue weighted by atomic mass is 9.97. The van der Waals surface area contributed by atoms with Gasteiger partial charge in [0.15, 0.2) is 0 Å². The van der Waals surface area contributed by atoms with Crippen LogP contribution in [0.25, 0.3) is 0 Å². The summed E-state index contributed by atoms with van der Waals surface area (Å²) in [6.07, 6.45) is 7.25. The van der Waals surface area contributed by atoms with E-state index in [2.05, 4.69) is 29.6 Å². The Kier molecular flexibility index (Phi) is 7.27. The molecule has 27 heavy (non-hydrogen) atoms. The lowest BCUT2D eigenvalue weighted by Crippen LogP contribution is -2.47. The van der Waals surface area contributed by atoms with E-state index in [0.717, 1.165) is 64.6 Å². The van der Waals surface area contributed by atoms with Gasteiger partial charge in [0, 0.05) is 26.2 Å². The van der Waals surface area contributed by atoms with Crippen molar-refractivity contribution in [2.24, 2.45) is 5.92 Å². The number of likely N-dealkylation sites (N-methyl/N-ethyl adjacent to an activating group) is 1. The molecule has 1 N–H and O–H groups in total. The van der Waals surface area contributed by atoms with E-state index in [-0.39, 0.29) is 17.9 Å². The molecule has 1 aromatic carbocycles. The molecule has 2 heterocycles. The third-order valence-electron chi connectivity index (χ3n) is 6.00. The van der Waals surface area contributed by atoms with Gasteiger partial charge in [-0.25, -0.2) is 0 Å². The van der Waals surface area contributed by atoms with Crippen LogP contribution in [0.3, 0.4) is 0 Å². The number of carbonyl (C=O) groups excluding carboxylic acids is 2. The van der Waals surface area contributed by atoms with E-state index in [1.165, 1.54) is 5.56 Å². The maximum atomic E-state index is 12.8. The zero-order chi connectivity index (χ0) is 19.1. The van der Waals surface area contributed by atoms with Crippen LogP contribution < -0.4 is 5.32 Å². The first-order valence-electron chi connectivity index (χ1n) is 10.5. The molecule has 148 valence electrons. The fourth-order valence-corrected chi connectivity index (χ4v) is 4.41. The Balaban J connectivity index is 1.47. The van der Waals surface area contributed by atoms with Crippen molar-refractivity contribution in [3.05, 3.63) is 35.9 Å². The number of piperidine rings is 1. The number of nitrogens with zero attached hydrogens (tertiary/aromatic N) is 2. The van der Waals surface area contributed by atoms with E-state index in [1.54, 1.807) is 11.9 Å². The fraction of sp³-hybridized carbons (Fsp3) is 0.636. The molecule has 2 aliphatic heterocycles. The molecule has 5 heteroatoms. The third-order valence-corrected chi connectivity index (χ3v) is 6.00. The Bertz CT molecular complexity index is 613. The minimum absolute atomic E-state index is 0.220. The number of benzene rings is 1. The number of amides is 2. The van der Waals surface area contributed by atoms with E-state index < -0.39 is 0 Å². The first kappa shape index (κ1) is 19.9. The van der Waals surface area contributed by atoms with E-state index in [4.69, 9.17) is 0 Å². The van der Waals surface area contributed by atoms with Gasteiger partial charge in [0.05, 0.1) is 0 Å². The summed E-state index contributed by atoms with van der Waals surface area (Å²) in [6.45, 7) is 3.44. The van der Waals surface area contributed by atoms with E-state index >= 15 is 0 Å². The van der Waals surface area contributed by atoms with E-state index in [0.29, 0.717) is 12.5 Å². The summed E-state index contributed by atoms with van der Waals surface area (Å²) in [5.41, 5.74) is 1.34. The number of hydrogen-bond donors (Lipinski definition) is 1. The smallest absolute Gasteiger partial charge is 0.312 e. The molecule has 2 saturated heterocycles. The molecule has 5 nitrogen and oxygen atoms in total. The molecule has 0 radical (unpaired) electrons. The Labute approximate surface area is 163 Å². The van der Waals surface area contributed by atoms with Crippen LogP contribution in [-0.4, -0.2) is 60.9 Å². The molecule has 1 aromatic rings. The first-order valence-corrected chi connectivity index (χ1v) is 10.5. The van der Waals surface area contributed by atoms with Crippen LogP contribution in [0.4, 0.5) is 0 Å². The largest absolute Gasteiger partial charge is 0.337 e. The summed E-state index contributed by atoms with van der Waals surface area (Å²) < 4.78 is 0. The highest BCUT2D eigenvalue weighted by Gasteiger charge is 2.34. The summed E-state index contributed by atoms with van der Waals surface area (Å²) in [5, 5.41) is 3.34. The lowest BCUT2D eigenvalue weighted by Gasteiger charge is -2.30. The van der Waals surface area contributed by atoms with Crippen molar-refractivity contribution >= 4 is 11.8 Å². The molecular weight excluding hydrogens is 338 g/mol. The number of hydrogen-bond acceptors (Lipinski definition) is 3. The standard InChI is InChI=1S/C22H33N3O2/c1-24(17-19-12-14-23-15-13-19)21(26)22(27)25-16-6-11-20(25)10-5-9-18-7-3-2-4-8-18/h2-4,7-8,19-20,23H,5-6,9-17H2,1H3. The molecule has 2 amide bonds. The average molecular weight is 372 g/mol. The monoisotopic (exact) mass is 371 g/mol. The number of nitrogens with one attached hydrogen (secondary N) is 1. The lowest BCUT2D eigenvalue weighted by molar-refractivity contribution is -0.152. The van der Waals surface area contributed by atoms with Crippen molar-refractivity contribution in [2.75, 3.05) is 33.2 Å². The van der Waals surface area contributed by atoms with Gasteiger partial charge in [0.1, 0.15) is 0 Å². The van der Waals surface area contributed by atoms with E-state index in [1.807, 2.05) is 11.0 Å². The van der Waals surface area contributed by atoms with Crippen molar-refractivity contribution in [3.63, 3.8) is 0 Å². The topological polar surface area (TPSA) is 52.7 Å². The minimum atomic E-state index is -0.330. The molecule has 1 atom stereocenters. The molecule has 2 aliphatic rings. The summed E-state index contributed by atoms with van der Waals surface area (Å²) in [7, 11) is 1.78. The zero-order valence-corrected chi connectivity index (χ0v) is 16.5. The minimum Gasteiger partial charge on any atom is -0.337 e. The number of carbonyl (C=O) groups is 2. The number of rotatable bonds is 6. The van der Waals surface area contributed by atoms with Crippen molar-refractivity contribution < 1.29 is 9.59 Å². The quantitative estimate of drug-likeness (QED) is 0.782. The van der Waals surface area contributed by atoms with Crippen LogP contribution in [0.15, 0.2) is 30.3 Å². The van der Waals surface area contributed by atoms with Crippen LogP contribution in [0.2, 0.25) is 0 Å². The van der Waals surface area contributed by atoms with Gasteiger partial charge in [-0.3, -0.25) is 9.59 Å². The Hall–Kier alpha value is -1.88. The fourth-order valence-electron chi connectivity index (χ4n) is 4.41. The van der Waals surface area contributed by atoms with Crippen LogP contribution in [0, 0.1) is 5.92 Å². The van der Waals surface area contributed by atoms with Gasteiger partial charge in [-0.1, -0.05) is 30.3 Å². The molecular formula is C22H33N3O2. The molecule has 3 rings (SSSR count). The summed E-state index contributed by atoms with van der Waals surface area (Å²) in [4.78, 5) is 28.9. The van der Waals surface area contributed by atoms with Crippen LogP contribution in [0.5, 0.6) is 0 Å². The second-order valence-electron chi connectivity index (χ2n) is 8.05. The van der Waals surface area contributed by atoms with Gasteiger partial charge in [0.2, 0.25) is 0 Å². The molecule has 0 aliphatic carbocycles. The maximum absolute atomic E-state index is 12.8. The Morgan fingerprint density at radius 3 is 2.63 bits per heavy atom. The highest BCUT2D eigenvalue weighted by molar-refractivity contribution is 6.34. The van der Waals surface area contributed by atoms with E-state index in [9.17, 15) is 9.59 Å². The van der Waals surface area contributed by atoms with Gasteiger partial charge in [-0.15, -0.1) is 0 Å². The average Bonchev–Trinajstić information content (AvgIpc) is 3.17. The molecule has 0 saturated carbocycles. The first-order chi connectivity index (χ1) is 13.1. The SMILES string of the molecule is CN(CC1CCNCC1)C(=O)C(=O)N1CCCC1CCCc1ccccc1. The van der Waals surface area contributed by atoms with Crippen LogP contribution in [-0.2, 0) is 16.0 Å². The third kappa shape index (κ3) is 5.55. The molecule has 0 spiro atoms. The molecule has 2 fully saturated rings. The van der Waals surface area contributed by atoms with Gasteiger partial charge >= 0.3 is 11.8 Å². The number of likely N-dealkylation sites (tertiary alicyclic amines) is 1. The van der Waals surface area contributed by atoms with Crippen molar-refractivity contribution in [1.29, 1.82) is 0 Å². The van der Waals surface area contributed by atoms with Crippen molar-refractivity contribution in [3.8, 4) is 0 Å². The number of aryl methyl sites for hydroxylation is 1. The van der Waals surface area contributed by atoms with Crippen molar-refractivity contribution in [2.45, 2.75) is 51.0 Å². The normalized spacial score (nSPS) is 20.6. The van der Waals surface area contributed by atoms with Gasteiger partial charge in [-0.2, -0.15) is 0 Å². The summed E-state index contributed by atoms with van der Waals surface area (Å²) in [5.74, 6) is -0.120. The summed E-state index contributed by atoms with van der Waals surface area (Å²) >= 11 is 0. The summed E-state index contributed by atoms with van der Waals surface area (Å²) in [6, 6.07) is 10.7. The Morgan fingerprint density at radius 2 is 1.89 bits per heavy atom. The second kappa shape index (κ2) is 9.88. The highest BCUT2D eigenvalue weighted by Crippen LogP contribution is 2.23. The molecule has 1 unspecified atom stereocenters. The second-order valence-corrected chi connectivity index (χ2v) is 8.05. The zero-order valence-electron chi connectivity index (χ0n) is 16.5. The van der Waals surface area contributed by atoms with Crippen LogP contribution in [0.1, 0.15) is 44.1 Å². The van der Waals surface area contributed by atoms with Gasteiger partial charge in [-0.05, 0) is 69.5 Å². The van der Waals surface area contributed by atoms with Crippen LogP contribution >= 0.6 is 0 Å². The van der Waals surface area contributed by atoms with Gasteiger partial charge in [0.25, 0.3) is 0 Å².